The molecule has 0 bridgehead atoms. The van der Waals surface area contributed by atoms with Crippen LogP contribution in [-0.2, 0) is 27.5 Å². The van der Waals surface area contributed by atoms with Crippen molar-refractivity contribution in [3.63, 3.8) is 0 Å². The third kappa shape index (κ3) is 5.38. The summed E-state index contributed by atoms with van der Waals surface area (Å²) in [6, 6.07) is 21.4. The zero-order chi connectivity index (χ0) is 23.6. The molecule has 1 aromatic heterocycles. The van der Waals surface area contributed by atoms with E-state index in [1.54, 1.807) is 7.11 Å². The third-order valence-electron chi connectivity index (χ3n) is 5.58. The van der Waals surface area contributed by atoms with Crippen LogP contribution in [0.2, 0.25) is 5.02 Å². The van der Waals surface area contributed by atoms with Crippen molar-refractivity contribution in [3.8, 4) is 5.75 Å². The number of imidazole rings is 1. The third-order valence-corrected chi connectivity index (χ3v) is 6.49. The van der Waals surface area contributed by atoms with Gasteiger partial charge in [-0.2, -0.15) is 8.42 Å². The Morgan fingerprint density at radius 2 is 1.79 bits per heavy atom. The van der Waals surface area contributed by atoms with Crippen molar-refractivity contribution >= 4 is 32.8 Å². The molecule has 0 aliphatic heterocycles. The molecule has 0 amide bonds. The van der Waals surface area contributed by atoms with Gasteiger partial charge in [-0.3, -0.25) is 4.18 Å². The van der Waals surface area contributed by atoms with Crippen LogP contribution in [0.15, 0.2) is 66.7 Å². The van der Waals surface area contributed by atoms with E-state index in [4.69, 9.17) is 25.5 Å². The quantitative estimate of drug-likeness (QED) is 0.314. The summed E-state index contributed by atoms with van der Waals surface area (Å²) in [6.45, 7) is 2.70. The molecule has 0 saturated heterocycles. The molecule has 0 N–H and O–H groups in total. The van der Waals surface area contributed by atoms with Crippen LogP contribution in [0.3, 0.4) is 0 Å². The molecular formula is C25H25ClN2O4S. The Bertz CT molecular complexity index is 1380. The van der Waals surface area contributed by atoms with Crippen LogP contribution in [0.25, 0.3) is 11.0 Å². The van der Waals surface area contributed by atoms with Gasteiger partial charge < -0.3 is 9.30 Å². The predicted molar refractivity (Wildman–Crippen MR) is 130 cm³/mol. The van der Waals surface area contributed by atoms with Gasteiger partial charge in [0.1, 0.15) is 11.6 Å². The molecule has 1 heterocycles. The summed E-state index contributed by atoms with van der Waals surface area (Å²) in [7, 11) is -1.85. The Hall–Kier alpha value is -2.87. The minimum absolute atomic E-state index is 0.0122. The SMILES string of the molecule is COc1ccc2c(c1)nc(C(C)c1ccc(COS(C)(=O)=O)cc1)n2Cc1ccccc1Cl. The normalized spacial score (nSPS) is 12.7. The average molecular weight is 485 g/mol. The first kappa shape index (κ1) is 23.3. The zero-order valence-corrected chi connectivity index (χ0v) is 20.2. The standard InChI is InChI=1S/C25H25ClN2O4S/c1-17(19-10-8-18(9-11-19)16-32-33(3,29)30)25-27-23-14-21(31-2)12-13-24(23)28(25)15-20-6-4-5-7-22(20)26/h4-14,17H,15-16H2,1-3H3. The van der Waals surface area contributed by atoms with Gasteiger partial charge >= 0.3 is 0 Å². The molecule has 33 heavy (non-hydrogen) atoms. The Kier molecular flexibility index (Phi) is 6.74. The minimum atomic E-state index is -3.49. The smallest absolute Gasteiger partial charge is 0.264 e. The number of rotatable bonds is 8. The van der Waals surface area contributed by atoms with Crippen molar-refractivity contribution in [2.45, 2.75) is 26.0 Å². The Balaban J connectivity index is 1.71. The molecule has 0 aliphatic carbocycles. The number of aromatic nitrogens is 2. The van der Waals surface area contributed by atoms with E-state index in [2.05, 4.69) is 11.5 Å². The van der Waals surface area contributed by atoms with Gasteiger partial charge in [0.15, 0.2) is 0 Å². The predicted octanol–water partition coefficient (Wildman–Crippen LogP) is 5.37. The highest BCUT2D eigenvalue weighted by Crippen LogP contribution is 2.31. The zero-order valence-electron chi connectivity index (χ0n) is 18.7. The molecular weight excluding hydrogens is 460 g/mol. The van der Waals surface area contributed by atoms with Gasteiger partial charge in [-0.05, 0) is 34.9 Å². The van der Waals surface area contributed by atoms with Gasteiger partial charge in [0.2, 0.25) is 0 Å². The number of methoxy groups -OCH3 is 1. The summed E-state index contributed by atoms with van der Waals surface area (Å²) >= 11 is 6.46. The van der Waals surface area contributed by atoms with Crippen molar-refractivity contribution in [2.24, 2.45) is 0 Å². The summed E-state index contributed by atoms with van der Waals surface area (Å²) in [6.07, 6.45) is 1.04. The average Bonchev–Trinajstić information content (AvgIpc) is 3.16. The Labute approximate surface area is 198 Å². The van der Waals surface area contributed by atoms with Gasteiger partial charge in [-0.25, -0.2) is 4.98 Å². The molecule has 1 unspecified atom stereocenters. The lowest BCUT2D eigenvalue weighted by Crippen LogP contribution is -2.10. The Morgan fingerprint density at radius 1 is 1.06 bits per heavy atom. The number of hydrogen-bond donors (Lipinski definition) is 0. The van der Waals surface area contributed by atoms with Crippen molar-refractivity contribution in [3.05, 3.63) is 94.3 Å². The maximum Gasteiger partial charge on any atom is 0.264 e. The fourth-order valence-corrected chi connectivity index (χ4v) is 4.32. The first-order valence-electron chi connectivity index (χ1n) is 10.5. The summed E-state index contributed by atoms with van der Waals surface area (Å²) in [5.41, 5.74) is 4.69. The highest BCUT2D eigenvalue weighted by Gasteiger charge is 2.20. The molecule has 172 valence electrons. The topological polar surface area (TPSA) is 70.4 Å². The molecule has 1 atom stereocenters. The summed E-state index contributed by atoms with van der Waals surface area (Å²) < 4.78 is 35.0. The molecule has 8 heteroatoms. The maximum atomic E-state index is 11.3. The van der Waals surface area contributed by atoms with E-state index < -0.39 is 10.1 Å². The van der Waals surface area contributed by atoms with Crippen molar-refractivity contribution in [2.75, 3.05) is 13.4 Å². The molecule has 4 rings (SSSR count). The van der Waals surface area contributed by atoms with E-state index in [0.29, 0.717) is 11.6 Å². The molecule has 6 nitrogen and oxygen atoms in total. The number of hydrogen-bond acceptors (Lipinski definition) is 5. The highest BCUT2D eigenvalue weighted by atomic mass is 35.5. The van der Waals surface area contributed by atoms with Crippen LogP contribution in [0.5, 0.6) is 5.75 Å². The maximum absolute atomic E-state index is 11.3. The van der Waals surface area contributed by atoms with Gasteiger partial charge in [-0.15, -0.1) is 0 Å². The van der Waals surface area contributed by atoms with E-state index in [1.165, 1.54) is 0 Å². The fraction of sp³-hybridized carbons (Fsp3) is 0.240. The molecule has 0 aliphatic rings. The van der Waals surface area contributed by atoms with E-state index in [1.807, 2.05) is 66.7 Å². The summed E-state index contributed by atoms with van der Waals surface area (Å²) in [4.78, 5) is 4.95. The lowest BCUT2D eigenvalue weighted by Gasteiger charge is -2.16. The Morgan fingerprint density at radius 3 is 2.45 bits per heavy atom. The molecule has 0 fully saturated rings. The van der Waals surface area contributed by atoms with Crippen LogP contribution >= 0.6 is 11.6 Å². The molecule has 4 aromatic rings. The second-order valence-corrected chi connectivity index (χ2v) is 9.98. The van der Waals surface area contributed by atoms with Crippen LogP contribution < -0.4 is 4.74 Å². The second-order valence-electron chi connectivity index (χ2n) is 7.93. The summed E-state index contributed by atoms with van der Waals surface area (Å²) in [5.74, 6) is 1.63. The second kappa shape index (κ2) is 9.55. The molecule has 0 radical (unpaired) electrons. The van der Waals surface area contributed by atoms with Crippen molar-refractivity contribution in [1.82, 2.24) is 9.55 Å². The number of ether oxygens (including phenoxy) is 1. The summed E-state index contributed by atoms with van der Waals surface area (Å²) in [5, 5.41) is 0.710. The minimum Gasteiger partial charge on any atom is -0.497 e. The number of fused-ring (bicyclic) bond motifs is 1. The van der Waals surface area contributed by atoms with Crippen LogP contribution in [-0.4, -0.2) is 31.3 Å². The largest absolute Gasteiger partial charge is 0.497 e. The molecule has 3 aromatic carbocycles. The van der Waals surface area contributed by atoms with Gasteiger partial charge in [0, 0.05) is 17.0 Å². The van der Waals surface area contributed by atoms with Crippen LogP contribution in [0.4, 0.5) is 0 Å². The van der Waals surface area contributed by atoms with Gasteiger partial charge in [0.25, 0.3) is 10.1 Å². The van der Waals surface area contributed by atoms with Gasteiger partial charge in [0.05, 0.1) is 37.6 Å². The fourth-order valence-electron chi connectivity index (χ4n) is 3.78. The first-order valence-corrected chi connectivity index (χ1v) is 12.7. The van der Waals surface area contributed by atoms with E-state index in [9.17, 15) is 8.42 Å². The molecule has 0 spiro atoms. The highest BCUT2D eigenvalue weighted by molar-refractivity contribution is 7.85. The monoisotopic (exact) mass is 484 g/mol. The first-order chi connectivity index (χ1) is 15.7. The lowest BCUT2D eigenvalue weighted by molar-refractivity contribution is 0.311. The van der Waals surface area contributed by atoms with E-state index in [0.717, 1.165) is 45.6 Å². The van der Waals surface area contributed by atoms with Crippen LogP contribution in [0, 0.1) is 0 Å². The lowest BCUT2D eigenvalue weighted by atomic mass is 9.99. The molecule has 0 saturated carbocycles. The number of halogens is 1. The van der Waals surface area contributed by atoms with Crippen molar-refractivity contribution < 1.29 is 17.3 Å². The van der Waals surface area contributed by atoms with E-state index in [-0.39, 0.29) is 12.5 Å². The van der Waals surface area contributed by atoms with Gasteiger partial charge in [-0.1, -0.05) is 61.0 Å². The van der Waals surface area contributed by atoms with Crippen molar-refractivity contribution in [1.29, 1.82) is 0 Å². The number of benzene rings is 3. The number of nitrogens with zero attached hydrogens (tertiary/aromatic N) is 2. The van der Waals surface area contributed by atoms with Crippen LogP contribution in [0.1, 0.15) is 35.4 Å². The van der Waals surface area contributed by atoms with E-state index >= 15 is 0 Å².